The van der Waals surface area contributed by atoms with Gasteiger partial charge in [-0.3, -0.25) is 0 Å². The van der Waals surface area contributed by atoms with E-state index in [1.54, 1.807) is 12.3 Å². The number of anilines is 4. The topological polar surface area (TPSA) is 59.1 Å². The monoisotopic (exact) mass is 356 g/mol. The number of ether oxygens (including phenoxy) is 1. The van der Waals surface area contributed by atoms with Crippen LogP contribution in [0.5, 0.6) is 5.75 Å². The molecule has 0 aliphatic heterocycles. The van der Waals surface area contributed by atoms with Crippen LogP contribution in [0.2, 0.25) is 0 Å². The quantitative estimate of drug-likeness (QED) is 0.649. The maximum Gasteiger partial charge on any atom is 0.229 e. The second kappa shape index (κ2) is 7.77. The predicted octanol–water partition coefficient (Wildman–Crippen LogP) is 5.03. The van der Waals surface area contributed by atoms with E-state index in [0.717, 1.165) is 23.6 Å². The molecule has 7 heteroatoms. The number of hydrogen-bond acceptors (Lipinski definition) is 5. The number of benzene rings is 2. The number of nitrogens with one attached hydrogen (secondary N) is 2. The van der Waals surface area contributed by atoms with Gasteiger partial charge in [0.25, 0.3) is 0 Å². The van der Waals surface area contributed by atoms with Crippen molar-refractivity contribution in [2.75, 3.05) is 10.6 Å². The van der Waals surface area contributed by atoms with Crippen molar-refractivity contribution in [1.29, 1.82) is 0 Å². The van der Waals surface area contributed by atoms with Crippen LogP contribution in [0.15, 0.2) is 54.7 Å². The molecule has 0 fully saturated rings. The third kappa shape index (κ3) is 4.66. The largest absolute Gasteiger partial charge is 0.491 e. The zero-order valence-electron chi connectivity index (χ0n) is 14.3. The van der Waals surface area contributed by atoms with E-state index in [9.17, 15) is 8.78 Å². The Morgan fingerprint density at radius 2 is 1.62 bits per heavy atom. The smallest absolute Gasteiger partial charge is 0.229 e. The average Bonchev–Trinajstić information content (AvgIpc) is 2.60. The SMILES string of the molecule is CC(C)Oc1ccc(Nc2nccc(Nc3ccc(F)c(F)c3)n2)cc1. The van der Waals surface area contributed by atoms with Gasteiger partial charge in [0.15, 0.2) is 11.6 Å². The van der Waals surface area contributed by atoms with Gasteiger partial charge in [-0.25, -0.2) is 13.8 Å². The molecular formula is C19H18F2N4O. The number of aromatic nitrogens is 2. The summed E-state index contributed by atoms with van der Waals surface area (Å²) in [6.07, 6.45) is 1.67. The van der Waals surface area contributed by atoms with Crippen molar-refractivity contribution >= 4 is 23.1 Å². The minimum absolute atomic E-state index is 0.108. The maximum atomic E-state index is 13.3. The van der Waals surface area contributed by atoms with Gasteiger partial charge in [-0.1, -0.05) is 0 Å². The number of nitrogens with zero attached hydrogens (tertiary/aromatic N) is 2. The lowest BCUT2D eigenvalue weighted by Gasteiger charge is -2.11. The molecule has 3 rings (SSSR count). The Kier molecular flexibility index (Phi) is 5.26. The molecule has 0 aliphatic rings. The Labute approximate surface area is 150 Å². The van der Waals surface area contributed by atoms with Crippen LogP contribution < -0.4 is 15.4 Å². The van der Waals surface area contributed by atoms with Crippen molar-refractivity contribution in [2.24, 2.45) is 0 Å². The summed E-state index contributed by atoms with van der Waals surface area (Å²) < 4.78 is 31.9. The normalized spacial score (nSPS) is 10.7. The van der Waals surface area contributed by atoms with Gasteiger partial charge in [0, 0.05) is 23.6 Å². The fraction of sp³-hybridized carbons (Fsp3) is 0.158. The molecule has 2 aromatic carbocycles. The molecule has 0 aliphatic carbocycles. The first-order valence-electron chi connectivity index (χ1n) is 8.08. The van der Waals surface area contributed by atoms with Crippen LogP contribution in [0.1, 0.15) is 13.8 Å². The van der Waals surface area contributed by atoms with Crippen LogP contribution in [0, 0.1) is 11.6 Å². The molecule has 0 unspecified atom stereocenters. The van der Waals surface area contributed by atoms with Gasteiger partial charge in [0.05, 0.1) is 6.10 Å². The Balaban J connectivity index is 1.69. The van der Waals surface area contributed by atoms with E-state index in [1.165, 1.54) is 6.07 Å². The van der Waals surface area contributed by atoms with E-state index >= 15 is 0 Å². The minimum Gasteiger partial charge on any atom is -0.491 e. The molecule has 26 heavy (non-hydrogen) atoms. The average molecular weight is 356 g/mol. The molecule has 0 radical (unpaired) electrons. The van der Waals surface area contributed by atoms with Gasteiger partial charge < -0.3 is 15.4 Å². The number of hydrogen-bond donors (Lipinski definition) is 2. The zero-order valence-corrected chi connectivity index (χ0v) is 14.3. The van der Waals surface area contributed by atoms with Crippen molar-refractivity contribution in [2.45, 2.75) is 20.0 Å². The predicted molar refractivity (Wildman–Crippen MR) is 97.2 cm³/mol. The lowest BCUT2D eigenvalue weighted by Crippen LogP contribution is -2.05. The highest BCUT2D eigenvalue weighted by atomic mass is 19.2. The standard InChI is InChI=1S/C19H18F2N4O/c1-12(2)26-15-6-3-13(4-7-15)24-19-22-10-9-18(25-19)23-14-5-8-16(20)17(21)11-14/h3-12H,1-2H3,(H2,22,23,24,25). The summed E-state index contributed by atoms with van der Waals surface area (Å²) >= 11 is 0. The molecule has 134 valence electrons. The van der Waals surface area contributed by atoms with E-state index in [1.807, 2.05) is 38.1 Å². The second-order valence-corrected chi connectivity index (χ2v) is 5.84. The molecule has 0 saturated heterocycles. The minimum atomic E-state index is -0.925. The van der Waals surface area contributed by atoms with E-state index in [-0.39, 0.29) is 6.10 Å². The summed E-state index contributed by atoms with van der Waals surface area (Å²) in [5, 5.41) is 5.99. The third-order valence-electron chi connectivity index (χ3n) is 3.33. The van der Waals surface area contributed by atoms with E-state index in [0.29, 0.717) is 17.5 Å². The van der Waals surface area contributed by atoms with Gasteiger partial charge in [-0.05, 0) is 56.3 Å². The lowest BCUT2D eigenvalue weighted by atomic mass is 10.3. The van der Waals surface area contributed by atoms with Gasteiger partial charge in [0.1, 0.15) is 11.6 Å². The number of rotatable bonds is 6. The highest BCUT2D eigenvalue weighted by molar-refractivity contribution is 5.59. The summed E-state index contributed by atoms with van der Waals surface area (Å²) in [5.41, 5.74) is 1.19. The molecule has 0 atom stereocenters. The molecule has 2 N–H and O–H groups in total. The van der Waals surface area contributed by atoms with Crippen molar-refractivity contribution in [1.82, 2.24) is 9.97 Å². The number of halogens is 2. The molecule has 1 aromatic heterocycles. The summed E-state index contributed by atoms with van der Waals surface area (Å²) in [4.78, 5) is 8.46. The summed E-state index contributed by atoms with van der Waals surface area (Å²) in [5.74, 6) is -0.222. The maximum absolute atomic E-state index is 13.3. The van der Waals surface area contributed by atoms with Crippen molar-refractivity contribution in [3.8, 4) is 5.75 Å². The van der Waals surface area contributed by atoms with Crippen LogP contribution in [0.4, 0.5) is 31.9 Å². The Hall–Kier alpha value is -3.22. The van der Waals surface area contributed by atoms with Crippen LogP contribution in [0.25, 0.3) is 0 Å². The van der Waals surface area contributed by atoms with Crippen LogP contribution in [-0.2, 0) is 0 Å². The van der Waals surface area contributed by atoms with E-state index in [2.05, 4.69) is 20.6 Å². The van der Waals surface area contributed by atoms with Crippen LogP contribution in [0.3, 0.4) is 0 Å². The fourth-order valence-corrected chi connectivity index (χ4v) is 2.23. The van der Waals surface area contributed by atoms with E-state index < -0.39 is 11.6 Å². The molecule has 0 bridgehead atoms. The Morgan fingerprint density at radius 3 is 2.31 bits per heavy atom. The van der Waals surface area contributed by atoms with E-state index in [4.69, 9.17) is 4.74 Å². The molecule has 0 amide bonds. The molecule has 5 nitrogen and oxygen atoms in total. The second-order valence-electron chi connectivity index (χ2n) is 5.84. The zero-order chi connectivity index (χ0) is 18.5. The van der Waals surface area contributed by atoms with Gasteiger partial charge in [-0.15, -0.1) is 0 Å². The molecule has 3 aromatic rings. The van der Waals surface area contributed by atoms with Crippen molar-refractivity contribution in [3.05, 3.63) is 66.4 Å². The first-order valence-corrected chi connectivity index (χ1v) is 8.08. The first-order chi connectivity index (χ1) is 12.5. The molecule has 1 heterocycles. The summed E-state index contributed by atoms with van der Waals surface area (Å²) in [6, 6.07) is 12.6. The highest BCUT2D eigenvalue weighted by Crippen LogP contribution is 2.21. The van der Waals surface area contributed by atoms with Crippen molar-refractivity contribution in [3.63, 3.8) is 0 Å². The summed E-state index contributed by atoms with van der Waals surface area (Å²) in [7, 11) is 0. The van der Waals surface area contributed by atoms with Gasteiger partial charge in [-0.2, -0.15) is 4.98 Å². The van der Waals surface area contributed by atoms with Gasteiger partial charge >= 0.3 is 0 Å². The Morgan fingerprint density at radius 1 is 0.885 bits per heavy atom. The van der Waals surface area contributed by atoms with Crippen LogP contribution >= 0.6 is 0 Å². The summed E-state index contributed by atoms with van der Waals surface area (Å²) in [6.45, 7) is 3.93. The Bertz CT molecular complexity index is 885. The molecule has 0 spiro atoms. The lowest BCUT2D eigenvalue weighted by molar-refractivity contribution is 0.242. The van der Waals surface area contributed by atoms with Crippen LogP contribution in [-0.4, -0.2) is 16.1 Å². The highest BCUT2D eigenvalue weighted by Gasteiger charge is 2.05. The molecular weight excluding hydrogens is 338 g/mol. The molecule has 0 saturated carbocycles. The third-order valence-corrected chi connectivity index (χ3v) is 3.33. The van der Waals surface area contributed by atoms with Gasteiger partial charge in [0.2, 0.25) is 5.95 Å². The van der Waals surface area contributed by atoms with Crippen molar-refractivity contribution < 1.29 is 13.5 Å². The fourth-order valence-electron chi connectivity index (χ4n) is 2.23. The first kappa shape index (κ1) is 17.6.